The molecule has 2 aromatic heterocycles. The van der Waals surface area contributed by atoms with Crippen molar-refractivity contribution in [2.75, 3.05) is 6.61 Å². The van der Waals surface area contributed by atoms with Crippen molar-refractivity contribution in [3.05, 3.63) is 30.2 Å². The van der Waals surface area contributed by atoms with Crippen molar-refractivity contribution in [1.29, 1.82) is 0 Å². The van der Waals surface area contributed by atoms with Crippen molar-refractivity contribution in [3.8, 4) is 5.75 Å². The van der Waals surface area contributed by atoms with Crippen molar-refractivity contribution in [1.82, 2.24) is 9.38 Å². The van der Waals surface area contributed by atoms with Crippen molar-refractivity contribution in [3.63, 3.8) is 0 Å². The molecule has 4 heteroatoms. The Balaban J connectivity index is 2.60. The third-order valence-corrected chi connectivity index (χ3v) is 1.89. The summed E-state index contributed by atoms with van der Waals surface area (Å²) in [4.78, 5) is 14.6. The van der Waals surface area contributed by atoms with Gasteiger partial charge in [0.2, 0.25) is 0 Å². The molecule has 0 saturated heterocycles. The fourth-order valence-electron chi connectivity index (χ4n) is 1.33. The molecule has 0 atom stereocenters. The second-order valence-corrected chi connectivity index (χ2v) is 2.82. The molecule has 2 aromatic rings. The average molecular weight is 190 g/mol. The zero-order chi connectivity index (χ0) is 9.97. The van der Waals surface area contributed by atoms with E-state index >= 15 is 0 Å². The van der Waals surface area contributed by atoms with Crippen LogP contribution in [0.3, 0.4) is 0 Å². The SMILES string of the molecule is CCOc1cccn2cc(C=O)nc12. The lowest BCUT2D eigenvalue weighted by Gasteiger charge is -2.02. The Morgan fingerprint density at radius 2 is 2.50 bits per heavy atom. The van der Waals surface area contributed by atoms with Gasteiger partial charge in [0.05, 0.1) is 6.61 Å². The maximum absolute atomic E-state index is 10.5. The molecule has 0 fully saturated rings. The topological polar surface area (TPSA) is 43.6 Å². The zero-order valence-electron chi connectivity index (χ0n) is 7.80. The highest BCUT2D eigenvalue weighted by atomic mass is 16.5. The van der Waals surface area contributed by atoms with Gasteiger partial charge in [0.1, 0.15) is 5.69 Å². The largest absolute Gasteiger partial charge is 0.490 e. The van der Waals surface area contributed by atoms with Crippen molar-refractivity contribution in [2.24, 2.45) is 0 Å². The molecular formula is C10H10N2O2. The van der Waals surface area contributed by atoms with E-state index in [1.54, 1.807) is 10.6 Å². The summed E-state index contributed by atoms with van der Waals surface area (Å²) in [5.74, 6) is 0.697. The second kappa shape index (κ2) is 3.49. The summed E-state index contributed by atoms with van der Waals surface area (Å²) in [6.45, 7) is 2.50. The highest BCUT2D eigenvalue weighted by Crippen LogP contribution is 2.18. The number of aldehydes is 1. The van der Waals surface area contributed by atoms with Crippen molar-refractivity contribution >= 4 is 11.9 Å². The minimum atomic E-state index is 0.414. The number of rotatable bonds is 3. The van der Waals surface area contributed by atoms with Gasteiger partial charge in [-0.15, -0.1) is 0 Å². The van der Waals surface area contributed by atoms with E-state index in [0.29, 0.717) is 23.7 Å². The van der Waals surface area contributed by atoms with Crippen LogP contribution in [-0.2, 0) is 0 Å². The van der Waals surface area contributed by atoms with Crippen LogP contribution in [-0.4, -0.2) is 22.3 Å². The molecular weight excluding hydrogens is 180 g/mol. The van der Waals surface area contributed by atoms with E-state index in [1.807, 2.05) is 25.3 Å². The van der Waals surface area contributed by atoms with Gasteiger partial charge in [-0.1, -0.05) is 0 Å². The Morgan fingerprint density at radius 1 is 1.64 bits per heavy atom. The maximum Gasteiger partial charge on any atom is 0.180 e. The highest BCUT2D eigenvalue weighted by Gasteiger charge is 2.05. The summed E-state index contributed by atoms with van der Waals surface area (Å²) in [5.41, 5.74) is 1.09. The molecule has 0 aliphatic carbocycles. The number of nitrogens with zero attached hydrogens (tertiary/aromatic N) is 2. The summed E-state index contributed by atoms with van der Waals surface area (Å²) < 4.78 is 7.15. The van der Waals surface area contributed by atoms with Gasteiger partial charge in [-0.2, -0.15) is 0 Å². The van der Waals surface area contributed by atoms with E-state index in [9.17, 15) is 4.79 Å². The number of ether oxygens (including phenoxy) is 1. The molecule has 0 aliphatic rings. The van der Waals surface area contributed by atoms with Gasteiger partial charge >= 0.3 is 0 Å². The molecule has 0 unspecified atom stereocenters. The molecule has 2 heterocycles. The predicted octanol–water partition coefficient (Wildman–Crippen LogP) is 1.55. The number of hydrogen-bond donors (Lipinski definition) is 0. The van der Waals surface area contributed by atoms with Gasteiger partial charge in [-0.05, 0) is 19.1 Å². The molecule has 0 N–H and O–H groups in total. The molecule has 72 valence electrons. The summed E-state index contributed by atoms with van der Waals surface area (Å²) in [7, 11) is 0. The number of fused-ring (bicyclic) bond motifs is 1. The van der Waals surface area contributed by atoms with E-state index in [2.05, 4.69) is 4.98 Å². The molecule has 0 radical (unpaired) electrons. The Kier molecular flexibility index (Phi) is 2.18. The van der Waals surface area contributed by atoms with Gasteiger partial charge in [0.25, 0.3) is 0 Å². The molecule has 0 amide bonds. The smallest absolute Gasteiger partial charge is 0.180 e. The first kappa shape index (κ1) is 8.74. The average Bonchev–Trinajstić information content (AvgIpc) is 2.62. The third kappa shape index (κ3) is 1.35. The normalized spacial score (nSPS) is 10.4. The van der Waals surface area contributed by atoms with Crippen LogP contribution in [0.5, 0.6) is 5.75 Å². The lowest BCUT2D eigenvalue weighted by molar-refractivity contribution is 0.111. The summed E-state index contributed by atoms with van der Waals surface area (Å²) >= 11 is 0. The van der Waals surface area contributed by atoms with Gasteiger partial charge < -0.3 is 9.14 Å². The Labute approximate surface area is 81.1 Å². The molecule has 0 aliphatic heterocycles. The lowest BCUT2D eigenvalue weighted by atomic mass is 10.4. The van der Waals surface area contributed by atoms with E-state index < -0.39 is 0 Å². The van der Waals surface area contributed by atoms with Gasteiger partial charge in [-0.25, -0.2) is 4.98 Å². The minimum absolute atomic E-state index is 0.414. The maximum atomic E-state index is 10.5. The van der Waals surface area contributed by atoms with Crippen LogP contribution >= 0.6 is 0 Å². The number of aromatic nitrogens is 2. The van der Waals surface area contributed by atoms with Crippen LogP contribution in [0.1, 0.15) is 17.4 Å². The van der Waals surface area contributed by atoms with Gasteiger partial charge in [0.15, 0.2) is 17.7 Å². The van der Waals surface area contributed by atoms with Crippen LogP contribution in [0, 0.1) is 0 Å². The second-order valence-electron chi connectivity index (χ2n) is 2.82. The number of hydrogen-bond acceptors (Lipinski definition) is 3. The van der Waals surface area contributed by atoms with Crippen LogP contribution in [0.4, 0.5) is 0 Å². The van der Waals surface area contributed by atoms with Crippen LogP contribution < -0.4 is 4.74 Å². The number of carbonyl (C=O) groups excluding carboxylic acids is 1. The minimum Gasteiger partial charge on any atom is -0.490 e. The van der Waals surface area contributed by atoms with E-state index in [0.717, 1.165) is 6.29 Å². The monoisotopic (exact) mass is 190 g/mol. The summed E-state index contributed by atoms with van der Waals surface area (Å²) in [6, 6.07) is 3.69. The van der Waals surface area contributed by atoms with Gasteiger partial charge in [0, 0.05) is 12.4 Å². The first-order chi connectivity index (χ1) is 6.85. The van der Waals surface area contributed by atoms with Crippen molar-refractivity contribution < 1.29 is 9.53 Å². The van der Waals surface area contributed by atoms with Crippen LogP contribution in [0.15, 0.2) is 24.5 Å². The zero-order valence-corrected chi connectivity index (χ0v) is 7.80. The van der Waals surface area contributed by atoms with Crippen LogP contribution in [0.25, 0.3) is 5.65 Å². The van der Waals surface area contributed by atoms with Crippen molar-refractivity contribution in [2.45, 2.75) is 6.92 Å². The standard InChI is InChI=1S/C10H10N2O2/c1-2-14-9-4-3-5-12-6-8(7-13)11-10(9)12/h3-7H,2H2,1H3. The van der Waals surface area contributed by atoms with E-state index in [-0.39, 0.29) is 0 Å². The molecule has 14 heavy (non-hydrogen) atoms. The Hall–Kier alpha value is -1.84. The number of carbonyl (C=O) groups is 1. The quantitative estimate of drug-likeness (QED) is 0.689. The Bertz CT molecular complexity index is 462. The third-order valence-electron chi connectivity index (χ3n) is 1.89. The summed E-state index contributed by atoms with van der Waals surface area (Å²) in [6.07, 6.45) is 4.23. The van der Waals surface area contributed by atoms with E-state index in [4.69, 9.17) is 4.74 Å². The fraction of sp³-hybridized carbons (Fsp3) is 0.200. The molecule has 4 nitrogen and oxygen atoms in total. The molecule has 2 rings (SSSR count). The van der Waals surface area contributed by atoms with Gasteiger partial charge in [-0.3, -0.25) is 4.79 Å². The number of imidazole rings is 1. The molecule has 0 spiro atoms. The fourth-order valence-corrected chi connectivity index (χ4v) is 1.33. The van der Waals surface area contributed by atoms with Crippen LogP contribution in [0.2, 0.25) is 0 Å². The first-order valence-electron chi connectivity index (χ1n) is 4.41. The predicted molar refractivity (Wildman–Crippen MR) is 51.7 cm³/mol. The lowest BCUT2D eigenvalue weighted by Crippen LogP contribution is -1.94. The highest BCUT2D eigenvalue weighted by molar-refractivity contribution is 5.74. The number of pyridine rings is 1. The molecule has 0 bridgehead atoms. The molecule has 0 saturated carbocycles. The van der Waals surface area contributed by atoms with E-state index in [1.165, 1.54) is 0 Å². The Morgan fingerprint density at radius 3 is 3.21 bits per heavy atom. The molecule has 0 aromatic carbocycles. The first-order valence-corrected chi connectivity index (χ1v) is 4.41. The summed E-state index contributed by atoms with van der Waals surface area (Å²) in [5, 5.41) is 0.